The Balaban J connectivity index is 2.16. The Morgan fingerprint density at radius 1 is 1.06 bits per heavy atom. The lowest BCUT2D eigenvalue weighted by molar-refractivity contribution is 0.205. The molecule has 1 aromatic rings. The summed E-state index contributed by atoms with van der Waals surface area (Å²) in [5.74, 6) is 0.633. The predicted octanol–water partition coefficient (Wildman–Crippen LogP) is 4.36. The predicted molar refractivity (Wildman–Crippen MR) is 74.3 cm³/mol. The quantitative estimate of drug-likeness (QED) is 0.747. The third-order valence-electron chi connectivity index (χ3n) is 3.95. The number of nitrogens with zero attached hydrogens (tertiary/aromatic N) is 1. The summed E-state index contributed by atoms with van der Waals surface area (Å²) >= 11 is 0. The van der Waals surface area contributed by atoms with E-state index in [9.17, 15) is 0 Å². The topological polar surface area (TPSA) is 3.24 Å². The van der Waals surface area contributed by atoms with E-state index in [4.69, 9.17) is 0 Å². The van der Waals surface area contributed by atoms with Crippen LogP contribution in [0, 0.1) is 0 Å². The molecule has 1 saturated heterocycles. The van der Waals surface area contributed by atoms with Crippen LogP contribution in [0.3, 0.4) is 0 Å². The molecule has 94 valence electrons. The van der Waals surface area contributed by atoms with Crippen molar-refractivity contribution in [3.8, 4) is 0 Å². The molecular formula is C16H25N. The van der Waals surface area contributed by atoms with E-state index in [1.807, 2.05) is 0 Å². The first-order valence-corrected chi connectivity index (χ1v) is 6.95. The minimum absolute atomic E-state index is 0.633. The Morgan fingerprint density at radius 3 is 2.24 bits per heavy atom. The van der Waals surface area contributed by atoms with E-state index in [2.05, 4.69) is 56.9 Å². The summed E-state index contributed by atoms with van der Waals surface area (Å²) in [7, 11) is 0. The standard InChI is InChI=1S/C16H25N/c1-12(2)14-7-9-15(10-8-14)16-6-5-11-17(16)13(3)4/h7-10,12-13,16H,5-6,11H2,1-4H3/t16-/m1/s1. The molecule has 0 N–H and O–H groups in total. The van der Waals surface area contributed by atoms with Crippen LogP contribution in [-0.2, 0) is 0 Å². The van der Waals surface area contributed by atoms with Crippen LogP contribution in [0.4, 0.5) is 0 Å². The molecule has 2 rings (SSSR count). The van der Waals surface area contributed by atoms with Crippen molar-refractivity contribution in [1.82, 2.24) is 4.90 Å². The SMILES string of the molecule is CC(C)c1ccc([C@H]2CCCN2C(C)C)cc1. The Morgan fingerprint density at radius 2 is 1.71 bits per heavy atom. The van der Waals surface area contributed by atoms with Gasteiger partial charge in [0.2, 0.25) is 0 Å². The van der Waals surface area contributed by atoms with Gasteiger partial charge in [-0.3, -0.25) is 4.90 Å². The average molecular weight is 231 g/mol. The minimum atomic E-state index is 0.633. The Labute approximate surface area is 106 Å². The lowest BCUT2D eigenvalue weighted by Crippen LogP contribution is -2.30. The molecule has 1 aliphatic heterocycles. The first-order chi connectivity index (χ1) is 8.09. The van der Waals surface area contributed by atoms with E-state index in [-0.39, 0.29) is 0 Å². The molecule has 0 aliphatic carbocycles. The van der Waals surface area contributed by atoms with Crippen LogP contribution in [0.5, 0.6) is 0 Å². The van der Waals surface area contributed by atoms with Crippen molar-refractivity contribution >= 4 is 0 Å². The maximum Gasteiger partial charge on any atom is 0.0351 e. The first-order valence-electron chi connectivity index (χ1n) is 6.95. The van der Waals surface area contributed by atoms with Crippen molar-refractivity contribution in [3.63, 3.8) is 0 Å². The molecule has 1 aliphatic rings. The van der Waals surface area contributed by atoms with Gasteiger partial charge in [-0.05, 0) is 50.3 Å². The molecule has 0 spiro atoms. The highest BCUT2D eigenvalue weighted by Crippen LogP contribution is 2.33. The summed E-state index contributed by atoms with van der Waals surface area (Å²) in [5.41, 5.74) is 2.95. The number of rotatable bonds is 3. The van der Waals surface area contributed by atoms with E-state index < -0.39 is 0 Å². The number of hydrogen-bond donors (Lipinski definition) is 0. The largest absolute Gasteiger partial charge is 0.294 e. The first kappa shape index (κ1) is 12.6. The smallest absolute Gasteiger partial charge is 0.0351 e. The maximum absolute atomic E-state index is 2.63. The van der Waals surface area contributed by atoms with E-state index in [1.165, 1.54) is 30.5 Å². The molecule has 0 bridgehead atoms. The Bertz CT molecular complexity index is 350. The lowest BCUT2D eigenvalue weighted by atomic mass is 9.98. The van der Waals surface area contributed by atoms with E-state index in [0.29, 0.717) is 18.0 Å². The van der Waals surface area contributed by atoms with Crippen molar-refractivity contribution in [3.05, 3.63) is 35.4 Å². The molecular weight excluding hydrogens is 206 g/mol. The molecule has 0 aromatic heterocycles. The van der Waals surface area contributed by atoms with Gasteiger partial charge < -0.3 is 0 Å². The summed E-state index contributed by atoms with van der Waals surface area (Å²) in [6, 6.07) is 10.6. The van der Waals surface area contributed by atoms with Gasteiger partial charge in [0, 0.05) is 12.1 Å². The van der Waals surface area contributed by atoms with E-state index in [1.54, 1.807) is 0 Å². The summed E-state index contributed by atoms with van der Waals surface area (Å²) in [5, 5.41) is 0. The van der Waals surface area contributed by atoms with Crippen LogP contribution >= 0.6 is 0 Å². The third-order valence-corrected chi connectivity index (χ3v) is 3.95. The number of likely N-dealkylation sites (tertiary alicyclic amines) is 1. The summed E-state index contributed by atoms with van der Waals surface area (Å²) in [4.78, 5) is 2.63. The van der Waals surface area contributed by atoms with Crippen LogP contribution in [0.2, 0.25) is 0 Å². The van der Waals surface area contributed by atoms with Gasteiger partial charge in [0.25, 0.3) is 0 Å². The average Bonchev–Trinajstić information content (AvgIpc) is 2.78. The highest BCUT2D eigenvalue weighted by molar-refractivity contribution is 5.27. The molecule has 1 heteroatoms. The van der Waals surface area contributed by atoms with Crippen LogP contribution in [0.25, 0.3) is 0 Å². The molecule has 1 nitrogen and oxygen atoms in total. The molecule has 1 fully saturated rings. The van der Waals surface area contributed by atoms with Crippen LogP contribution < -0.4 is 0 Å². The fourth-order valence-electron chi connectivity index (χ4n) is 2.87. The second-order valence-corrected chi connectivity index (χ2v) is 5.81. The van der Waals surface area contributed by atoms with Gasteiger partial charge in [-0.25, -0.2) is 0 Å². The molecule has 17 heavy (non-hydrogen) atoms. The minimum Gasteiger partial charge on any atom is -0.294 e. The van der Waals surface area contributed by atoms with Crippen molar-refractivity contribution in [1.29, 1.82) is 0 Å². The van der Waals surface area contributed by atoms with Crippen molar-refractivity contribution < 1.29 is 0 Å². The van der Waals surface area contributed by atoms with Gasteiger partial charge in [0.15, 0.2) is 0 Å². The van der Waals surface area contributed by atoms with Gasteiger partial charge in [-0.1, -0.05) is 38.1 Å². The highest BCUT2D eigenvalue weighted by atomic mass is 15.2. The number of hydrogen-bond acceptors (Lipinski definition) is 1. The van der Waals surface area contributed by atoms with Gasteiger partial charge in [0.1, 0.15) is 0 Å². The van der Waals surface area contributed by atoms with E-state index >= 15 is 0 Å². The highest BCUT2D eigenvalue weighted by Gasteiger charge is 2.27. The van der Waals surface area contributed by atoms with Gasteiger partial charge in [-0.2, -0.15) is 0 Å². The zero-order valence-corrected chi connectivity index (χ0v) is 11.6. The maximum atomic E-state index is 2.63. The molecule has 0 unspecified atom stereocenters. The molecule has 0 amide bonds. The molecule has 1 aromatic carbocycles. The van der Waals surface area contributed by atoms with Crippen molar-refractivity contribution in [2.75, 3.05) is 6.54 Å². The lowest BCUT2D eigenvalue weighted by Gasteiger charge is -2.28. The van der Waals surface area contributed by atoms with Gasteiger partial charge in [0.05, 0.1) is 0 Å². The van der Waals surface area contributed by atoms with Crippen molar-refractivity contribution in [2.45, 2.75) is 58.5 Å². The van der Waals surface area contributed by atoms with Crippen molar-refractivity contribution in [2.24, 2.45) is 0 Å². The molecule has 1 heterocycles. The van der Waals surface area contributed by atoms with E-state index in [0.717, 1.165) is 0 Å². The zero-order chi connectivity index (χ0) is 12.4. The fourth-order valence-corrected chi connectivity index (χ4v) is 2.87. The molecule has 0 saturated carbocycles. The molecule has 1 atom stereocenters. The monoisotopic (exact) mass is 231 g/mol. The second-order valence-electron chi connectivity index (χ2n) is 5.81. The third kappa shape index (κ3) is 2.71. The summed E-state index contributed by atoms with van der Waals surface area (Å²) in [6.07, 6.45) is 2.66. The van der Waals surface area contributed by atoms with Crippen LogP contribution in [0.1, 0.15) is 63.6 Å². The second kappa shape index (κ2) is 5.22. The summed E-state index contributed by atoms with van der Waals surface area (Å²) < 4.78 is 0. The number of benzene rings is 1. The molecule has 0 radical (unpaired) electrons. The van der Waals surface area contributed by atoms with Gasteiger partial charge >= 0.3 is 0 Å². The fraction of sp³-hybridized carbons (Fsp3) is 0.625. The Hall–Kier alpha value is -0.820. The van der Waals surface area contributed by atoms with Gasteiger partial charge in [-0.15, -0.1) is 0 Å². The normalized spacial score (nSPS) is 21.6. The Kier molecular flexibility index (Phi) is 3.88. The summed E-state index contributed by atoms with van der Waals surface area (Å²) in [6.45, 7) is 10.4. The van der Waals surface area contributed by atoms with Crippen LogP contribution in [-0.4, -0.2) is 17.5 Å². The zero-order valence-electron chi connectivity index (χ0n) is 11.6. The van der Waals surface area contributed by atoms with Crippen LogP contribution in [0.15, 0.2) is 24.3 Å².